The van der Waals surface area contributed by atoms with Gasteiger partial charge >= 0.3 is 11.9 Å². The van der Waals surface area contributed by atoms with E-state index in [4.69, 9.17) is 0 Å². The number of carboxylic acid groups (broad SMARTS) is 2. The van der Waals surface area contributed by atoms with Crippen LogP contribution >= 0.6 is 11.3 Å². The van der Waals surface area contributed by atoms with Crippen molar-refractivity contribution in [2.75, 3.05) is 5.32 Å². The van der Waals surface area contributed by atoms with E-state index in [1.54, 1.807) is 6.92 Å². The molecule has 0 atom stereocenters. The van der Waals surface area contributed by atoms with Gasteiger partial charge in [0.2, 0.25) is 0 Å². The van der Waals surface area contributed by atoms with Crippen molar-refractivity contribution in [2.24, 2.45) is 0 Å². The number of benzene rings is 2. The summed E-state index contributed by atoms with van der Waals surface area (Å²) in [6.45, 7) is 3.05. The van der Waals surface area contributed by atoms with E-state index in [9.17, 15) is 33.4 Å². The quantitative estimate of drug-likeness (QED) is 0.530. The fourth-order valence-electron chi connectivity index (χ4n) is 2.92. The zero-order chi connectivity index (χ0) is 22.2. The standard InChI is InChI=1S/C21H15F2NO5S/c1-9-3-5-12(20(26)27)13(7-9)18(25)24-19-15(21(28)29)14(8-30-19)11-6-4-10(2)16(22)17(11)23/h3-8H,1-2H3,(H,24,25)(H,26,27)(H,28,29). The molecule has 0 aliphatic heterocycles. The summed E-state index contributed by atoms with van der Waals surface area (Å²) in [4.78, 5) is 35.9. The molecule has 3 N–H and O–H groups in total. The molecule has 154 valence electrons. The molecule has 0 aliphatic rings. The van der Waals surface area contributed by atoms with E-state index in [-0.39, 0.29) is 32.8 Å². The number of rotatable bonds is 5. The first-order chi connectivity index (χ1) is 14.1. The van der Waals surface area contributed by atoms with Crippen molar-refractivity contribution in [3.8, 4) is 11.1 Å². The monoisotopic (exact) mass is 431 g/mol. The third-order valence-corrected chi connectivity index (χ3v) is 5.34. The Morgan fingerprint density at radius 2 is 1.60 bits per heavy atom. The number of amides is 1. The van der Waals surface area contributed by atoms with Gasteiger partial charge in [-0.1, -0.05) is 23.8 Å². The van der Waals surface area contributed by atoms with Crippen molar-refractivity contribution in [3.05, 3.63) is 75.2 Å². The summed E-state index contributed by atoms with van der Waals surface area (Å²) in [5.41, 5.74) is -0.471. The normalized spacial score (nSPS) is 10.7. The maximum Gasteiger partial charge on any atom is 0.339 e. The highest BCUT2D eigenvalue weighted by molar-refractivity contribution is 7.15. The van der Waals surface area contributed by atoms with Crippen molar-refractivity contribution in [1.29, 1.82) is 0 Å². The van der Waals surface area contributed by atoms with Gasteiger partial charge in [0.25, 0.3) is 5.91 Å². The van der Waals surface area contributed by atoms with Crippen LogP contribution in [0.3, 0.4) is 0 Å². The predicted octanol–water partition coefficient (Wildman–Crippen LogP) is 4.96. The second kappa shape index (κ2) is 8.03. The molecule has 0 unspecified atom stereocenters. The van der Waals surface area contributed by atoms with Crippen molar-refractivity contribution >= 4 is 34.2 Å². The van der Waals surface area contributed by atoms with Crippen LogP contribution in [0.2, 0.25) is 0 Å². The van der Waals surface area contributed by atoms with Crippen LogP contribution in [0.15, 0.2) is 35.7 Å². The number of carbonyl (C=O) groups is 3. The SMILES string of the molecule is Cc1ccc(C(=O)O)c(C(=O)Nc2scc(-c3ccc(C)c(F)c3F)c2C(=O)O)c1. The Labute approximate surface area is 173 Å². The molecule has 1 aromatic heterocycles. The molecule has 0 spiro atoms. The summed E-state index contributed by atoms with van der Waals surface area (Å²) < 4.78 is 28.4. The molecule has 2 aromatic carbocycles. The van der Waals surface area contributed by atoms with Crippen LogP contribution in [0, 0.1) is 25.5 Å². The Morgan fingerprint density at radius 1 is 0.900 bits per heavy atom. The van der Waals surface area contributed by atoms with Gasteiger partial charge in [0.1, 0.15) is 10.6 Å². The molecule has 0 bridgehead atoms. The molecular weight excluding hydrogens is 416 g/mol. The van der Waals surface area contributed by atoms with E-state index in [0.29, 0.717) is 5.56 Å². The van der Waals surface area contributed by atoms with Gasteiger partial charge in [-0.15, -0.1) is 11.3 Å². The lowest BCUT2D eigenvalue weighted by Crippen LogP contribution is -2.17. The van der Waals surface area contributed by atoms with Crippen LogP contribution in [0.5, 0.6) is 0 Å². The van der Waals surface area contributed by atoms with Crippen LogP contribution in [-0.4, -0.2) is 28.1 Å². The molecule has 1 amide bonds. The van der Waals surface area contributed by atoms with E-state index in [0.717, 1.165) is 11.3 Å². The van der Waals surface area contributed by atoms with Gasteiger partial charge in [0.15, 0.2) is 11.6 Å². The van der Waals surface area contributed by atoms with Crippen LogP contribution in [-0.2, 0) is 0 Å². The average molecular weight is 431 g/mol. The number of thiophene rings is 1. The largest absolute Gasteiger partial charge is 0.478 e. The summed E-state index contributed by atoms with van der Waals surface area (Å²) in [6, 6.07) is 6.75. The van der Waals surface area contributed by atoms with Crippen LogP contribution in [0.25, 0.3) is 11.1 Å². The third kappa shape index (κ3) is 3.79. The topological polar surface area (TPSA) is 104 Å². The average Bonchev–Trinajstić information content (AvgIpc) is 3.09. The van der Waals surface area contributed by atoms with E-state index in [1.807, 2.05) is 0 Å². The van der Waals surface area contributed by atoms with Crippen molar-refractivity contribution < 1.29 is 33.4 Å². The number of nitrogens with one attached hydrogen (secondary N) is 1. The van der Waals surface area contributed by atoms with Gasteiger partial charge in [0, 0.05) is 16.5 Å². The number of carboxylic acids is 2. The molecule has 0 saturated heterocycles. The minimum atomic E-state index is -1.45. The Kier molecular flexibility index (Phi) is 5.66. The van der Waals surface area contributed by atoms with Crippen LogP contribution in [0.1, 0.15) is 42.2 Å². The molecule has 3 rings (SSSR count). The highest BCUT2D eigenvalue weighted by Gasteiger charge is 2.26. The highest BCUT2D eigenvalue weighted by Crippen LogP contribution is 2.38. The van der Waals surface area contributed by atoms with Crippen molar-refractivity contribution in [1.82, 2.24) is 0 Å². The smallest absolute Gasteiger partial charge is 0.339 e. The molecule has 0 aliphatic carbocycles. The summed E-state index contributed by atoms with van der Waals surface area (Å²) in [6.07, 6.45) is 0. The zero-order valence-corrected chi connectivity index (χ0v) is 16.6. The summed E-state index contributed by atoms with van der Waals surface area (Å²) in [7, 11) is 0. The molecule has 3 aromatic rings. The van der Waals surface area contributed by atoms with E-state index in [2.05, 4.69) is 5.32 Å². The molecule has 30 heavy (non-hydrogen) atoms. The molecule has 9 heteroatoms. The molecule has 0 fully saturated rings. The van der Waals surface area contributed by atoms with Crippen molar-refractivity contribution in [2.45, 2.75) is 13.8 Å². The first-order valence-electron chi connectivity index (χ1n) is 8.56. The molecule has 1 heterocycles. The predicted molar refractivity (Wildman–Crippen MR) is 107 cm³/mol. The molecule has 0 radical (unpaired) electrons. The van der Waals surface area contributed by atoms with E-state index in [1.165, 1.54) is 42.6 Å². The molecule has 6 nitrogen and oxygen atoms in total. The summed E-state index contributed by atoms with van der Waals surface area (Å²) in [5, 5.41) is 22.5. The first kappa shape index (κ1) is 21.1. The lowest BCUT2D eigenvalue weighted by Gasteiger charge is -2.10. The van der Waals surface area contributed by atoms with Gasteiger partial charge in [0.05, 0.1) is 11.1 Å². The minimum absolute atomic E-state index is 0.0672. The number of halogens is 2. The Hall–Kier alpha value is -3.59. The third-order valence-electron chi connectivity index (χ3n) is 4.45. The van der Waals surface area contributed by atoms with Crippen LogP contribution in [0.4, 0.5) is 13.8 Å². The Morgan fingerprint density at radius 3 is 2.23 bits per heavy atom. The second-order valence-corrected chi connectivity index (χ2v) is 7.40. The van der Waals surface area contributed by atoms with Gasteiger partial charge in [-0.25, -0.2) is 18.4 Å². The van der Waals surface area contributed by atoms with Crippen molar-refractivity contribution in [3.63, 3.8) is 0 Å². The first-order valence-corrected chi connectivity index (χ1v) is 9.44. The highest BCUT2D eigenvalue weighted by atomic mass is 32.1. The van der Waals surface area contributed by atoms with E-state index < -0.39 is 35.0 Å². The van der Waals surface area contributed by atoms with Crippen LogP contribution < -0.4 is 5.32 Å². The van der Waals surface area contributed by atoms with Gasteiger partial charge < -0.3 is 15.5 Å². The Bertz CT molecular complexity index is 1200. The summed E-state index contributed by atoms with van der Waals surface area (Å²) in [5.74, 6) is -5.89. The number of anilines is 1. The van der Waals surface area contributed by atoms with Gasteiger partial charge in [-0.2, -0.15) is 0 Å². The maximum atomic E-state index is 14.4. The molecular formula is C21H15F2NO5S. The van der Waals surface area contributed by atoms with Gasteiger partial charge in [-0.05, 0) is 31.5 Å². The van der Waals surface area contributed by atoms with E-state index >= 15 is 0 Å². The lowest BCUT2D eigenvalue weighted by molar-refractivity contribution is 0.0684. The molecule has 0 saturated carbocycles. The lowest BCUT2D eigenvalue weighted by atomic mass is 10.0. The maximum absolute atomic E-state index is 14.4. The number of carbonyl (C=O) groups excluding carboxylic acids is 1. The number of hydrogen-bond acceptors (Lipinski definition) is 4. The minimum Gasteiger partial charge on any atom is -0.478 e. The fourth-order valence-corrected chi connectivity index (χ4v) is 3.86. The second-order valence-electron chi connectivity index (χ2n) is 6.52. The number of aryl methyl sites for hydroxylation is 2. The number of hydrogen-bond donors (Lipinski definition) is 3. The van der Waals surface area contributed by atoms with Gasteiger partial charge in [-0.3, -0.25) is 4.79 Å². The fraction of sp³-hybridized carbons (Fsp3) is 0.0952. The number of aromatic carboxylic acids is 2. The summed E-state index contributed by atoms with van der Waals surface area (Å²) >= 11 is 0.810. The zero-order valence-electron chi connectivity index (χ0n) is 15.7. The Balaban J connectivity index is 2.07.